The van der Waals surface area contributed by atoms with Gasteiger partial charge >= 0.3 is 6.03 Å². The van der Waals surface area contributed by atoms with Gasteiger partial charge in [-0.15, -0.1) is 0 Å². The Kier molecular flexibility index (Phi) is 5.66. The van der Waals surface area contributed by atoms with Gasteiger partial charge in [-0.2, -0.15) is 0 Å². The van der Waals surface area contributed by atoms with E-state index in [2.05, 4.69) is 27.7 Å². The number of imide groups is 1. The molecule has 2 saturated heterocycles. The SMILES string of the molecule is CC1(c2ccc3c(c2)CCC3)NC(=O)N(CN2CCC(NC(=O)c3ccccc3)CC2)C1=O. The van der Waals surface area contributed by atoms with Crippen molar-refractivity contribution in [3.8, 4) is 0 Å². The van der Waals surface area contributed by atoms with Crippen molar-refractivity contribution >= 4 is 17.8 Å². The summed E-state index contributed by atoms with van der Waals surface area (Å²) in [6.45, 7) is 3.50. The van der Waals surface area contributed by atoms with E-state index in [1.807, 2.05) is 24.3 Å². The molecule has 1 atom stereocenters. The zero-order chi connectivity index (χ0) is 23.0. The lowest BCUT2D eigenvalue weighted by atomic mass is 9.90. The standard InChI is InChI=1S/C26H30N4O3/c1-26(21-11-10-18-8-5-9-20(18)16-21)24(32)30(25(33)28-26)17-29-14-12-22(13-15-29)27-23(31)19-6-3-2-4-7-19/h2-4,6-7,10-11,16,22H,5,8-9,12-15,17H2,1H3,(H,27,31)(H,28,33). The molecule has 5 rings (SSSR count). The number of hydrogen-bond acceptors (Lipinski definition) is 4. The highest BCUT2D eigenvalue weighted by Gasteiger charge is 2.49. The minimum Gasteiger partial charge on any atom is -0.349 e. The zero-order valence-electron chi connectivity index (χ0n) is 19.0. The maximum atomic E-state index is 13.3. The first-order valence-electron chi connectivity index (χ1n) is 11.8. The van der Waals surface area contributed by atoms with Crippen LogP contribution in [0.5, 0.6) is 0 Å². The van der Waals surface area contributed by atoms with Crippen molar-refractivity contribution in [2.24, 2.45) is 0 Å². The van der Waals surface area contributed by atoms with E-state index in [1.54, 1.807) is 19.1 Å². The number of piperidine rings is 1. The van der Waals surface area contributed by atoms with Crippen molar-refractivity contribution in [1.29, 1.82) is 0 Å². The molecule has 2 fully saturated rings. The van der Waals surface area contributed by atoms with Crippen LogP contribution in [-0.2, 0) is 23.2 Å². The van der Waals surface area contributed by atoms with E-state index in [9.17, 15) is 14.4 Å². The second kappa shape index (κ2) is 8.63. The normalized spacial score (nSPS) is 23.5. The lowest BCUT2D eigenvalue weighted by Crippen LogP contribution is -2.49. The molecule has 2 N–H and O–H groups in total. The van der Waals surface area contributed by atoms with Gasteiger partial charge < -0.3 is 10.6 Å². The van der Waals surface area contributed by atoms with Gasteiger partial charge in [0.2, 0.25) is 0 Å². The molecule has 0 bridgehead atoms. The Morgan fingerprint density at radius 2 is 1.79 bits per heavy atom. The van der Waals surface area contributed by atoms with Gasteiger partial charge in [-0.3, -0.25) is 14.5 Å². The third-order valence-electron chi connectivity index (χ3n) is 7.25. The first-order chi connectivity index (χ1) is 15.9. The maximum Gasteiger partial charge on any atom is 0.326 e. The van der Waals surface area contributed by atoms with Gasteiger partial charge in [0.15, 0.2) is 0 Å². The molecule has 0 spiro atoms. The fourth-order valence-corrected chi connectivity index (χ4v) is 5.18. The number of fused-ring (bicyclic) bond motifs is 1. The summed E-state index contributed by atoms with van der Waals surface area (Å²) in [4.78, 5) is 41.9. The summed E-state index contributed by atoms with van der Waals surface area (Å²) in [6.07, 6.45) is 4.82. The maximum absolute atomic E-state index is 13.3. The molecular formula is C26H30N4O3. The van der Waals surface area contributed by atoms with Crippen LogP contribution in [0.3, 0.4) is 0 Å². The number of hydrogen-bond donors (Lipinski definition) is 2. The predicted octanol–water partition coefficient (Wildman–Crippen LogP) is 2.79. The van der Waals surface area contributed by atoms with E-state index in [-0.39, 0.29) is 30.6 Å². The van der Waals surface area contributed by atoms with Gasteiger partial charge in [-0.05, 0) is 67.9 Å². The third-order valence-corrected chi connectivity index (χ3v) is 7.25. The van der Waals surface area contributed by atoms with Crippen molar-refractivity contribution in [1.82, 2.24) is 20.4 Å². The average Bonchev–Trinajstić information content (AvgIpc) is 3.39. The largest absolute Gasteiger partial charge is 0.349 e. The molecule has 3 aliphatic rings. The van der Waals surface area contributed by atoms with Gasteiger partial charge in [0, 0.05) is 24.7 Å². The molecule has 7 heteroatoms. The van der Waals surface area contributed by atoms with Crippen molar-refractivity contribution in [2.45, 2.75) is 50.6 Å². The summed E-state index contributed by atoms with van der Waals surface area (Å²) in [5.41, 5.74) is 3.11. The van der Waals surface area contributed by atoms with Crippen LogP contribution in [0.25, 0.3) is 0 Å². The fraction of sp³-hybridized carbons (Fsp3) is 0.423. The number of likely N-dealkylation sites (tertiary alicyclic amines) is 1. The Hall–Kier alpha value is -3.19. The molecule has 33 heavy (non-hydrogen) atoms. The average molecular weight is 447 g/mol. The van der Waals surface area contributed by atoms with Crippen LogP contribution in [-0.4, -0.2) is 53.4 Å². The van der Waals surface area contributed by atoms with Crippen LogP contribution < -0.4 is 10.6 Å². The summed E-state index contributed by atoms with van der Waals surface area (Å²) in [5.74, 6) is -0.266. The molecule has 1 unspecified atom stereocenters. The Balaban J connectivity index is 1.19. The van der Waals surface area contributed by atoms with Gasteiger partial charge in [0.1, 0.15) is 5.54 Å². The predicted molar refractivity (Wildman–Crippen MR) is 125 cm³/mol. The third kappa shape index (κ3) is 4.13. The van der Waals surface area contributed by atoms with Crippen molar-refractivity contribution in [3.05, 3.63) is 70.8 Å². The van der Waals surface area contributed by atoms with E-state index in [0.29, 0.717) is 18.7 Å². The lowest BCUT2D eigenvalue weighted by molar-refractivity contribution is -0.132. The van der Waals surface area contributed by atoms with Gasteiger partial charge in [0.25, 0.3) is 11.8 Å². The first kappa shape index (κ1) is 21.6. The number of rotatable bonds is 5. The molecule has 0 saturated carbocycles. The molecule has 2 aromatic rings. The van der Waals surface area contributed by atoms with Crippen LogP contribution in [0.1, 0.15) is 53.2 Å². The van der Waals surface area contributed by atoms with Crippen molar-refractivity contribution in [3.63, 3.8) is 0 Å². The molecule has 172 valence electrons. The smallest absolute Gasteiger partial charge is 0.326 e. The first-order valence-corrected chi connectivity index (χ1v) is 11.8. The summed E-state index contributed by atoms with van der Waals surface area (Å²) in [6, 6.07) is 15.1. The van der Waals surface area contributed by atoms with Crippen LogP contribution in [0.4, 0.5) is 4.79 Å². The van der Waals surface area contributed by atoms with Crippen molar-refractivity contribution < 1.29 is 14.4 Å². The van der Waals surface area contributed by atoms with Crippen molar-refractivity contribution in [2.75, 3.05) is 19.8 Å². The minimum absolute atomic E-state index is 0.0618. The van der Waals surface area contributed by atoms with Crippen LogP contribution in [0.2, 0.25) is 0 Å². The number of carbonyl (C=O) groups excluding carboxylic acids is 3. The fourth-order valence-electron chi connectivity index (χ4n) is 5.18. The number of carbonyl (C=O) groups is 3. The Morgan fingerprint density at radius 1 is 1.06 bits per heavy atom. The molecule has 2 aliphatic heterocycles. The monoisotopic (exact) mass is 446 g/mol. The zero-order valence-corrected chi connectivity index (χ0v) is 19.0. The van der Waals surface area contributed by atoms with E-state index < -0.39 is 5.54 Å². The highest BCUT2D eigenvalue weighted by atomic mass is 16.2. The van der Waals surface area contributed by atoms with Gasteiger partial charge in [-0.25, -0.2) is 9.69 Å². The van der Waals surface area contributed by atoms with E-state index in [4.69, 9.17) is 0 Å². The van der Waals surface area contributed by atoms with Crippen LogP contribution >= 0.6 is 0 Å². The molecule has 1 aliphatic carbocycles. The summed E-state index contributed by atoms with van der Waals surface area (Å²) < 4.78 is 0. The highest BCUT2D eigenvalue weighted by molar-refractivity contribution is 6.07. The quantitative estimate of drug-likeness (QED) is 0.692. The van der Waals surface area contributed by atoms with E-state index >= 15 is 0 Å². The number of aryl methyl sites for hydroxylation is 2. The molecule has 2 heterocycles. The lowest BCUT2D eigenvalue weighted by Gasteiger charge is -2.34. The molecule has 2 aromatic carbocycles. The van der Waals surface area contributed by atoms with Crippen LogP contribution in [0, 0.1) is 0 Å². The Morgan fingerprint density at radius 3 is 2.55 bits per heavy atom. The number of amides is 4. The Labute approximate surface area is 194 Å². The number of benzene rings is 2. The molecule has 4 amide bonds. The highest BCUT2D eigenvalue weighted by Crippen LogP contribution is 2.32. The second-order valence-corrected chi connectivity index (χ2v) is 9.50. The van der Waals surface area contributed by atoms with Crippen LogP contribution in [0.15, 0.2) is 48.5 Å². The van der Waals surface area contributed by atoms with Gasteiger partial charge in [-0.1, -0.05) is 36.4 Å². The number of urea groups is 1. The second-order valence-electron chi connectivity index (χ2n) is 9.50. The molecule has 7 nitrogen and oxygen atoms in total. The Bertz CT molecular complexity index is 1080. The van der Waals surface area contributed by atoms with E-state index in [0.717, 1.165) is 37.7 Å². The van der Waals surface area contributed by atoms with Gasteiger partial charge in [0.05, 0.1) is 6.67 Å². The summed E-state index contributed by atoms with van der Waals surface area (Å²) in [5, 5.41) is 6.03. The molecule has 0 aromatic heterocycles. The topological polar surface area (TPSA) is 81.8 Å². The van der Waals surface area contributed by atoms with E-state index in [1.165, 1.54) is 16.0 Å². The molecular weight excluding hydrogens is 416 g/mol. The summed E-state index contributed by atoms with van der Waals surface area (Å²) in [7, 11) is 0. The summed E-state index contributed by atoms with van der Waals surface area (Å²) >= 11 is 0. The minimum atomic E-state index is -1.03. The number of nitrogens with one attached hydrogen (secondary N) is 2. The number of nitrogens with zero attached hydrogens (tertiary/aromatic N) is 2. The molecule has 0 radical (unpaired) electrons.